The summed E-state index contributed by atoms with van der Waals surface area (Å²) in [6.45, 7) is 0. The van der Waals surface area contributed by atoms with Gasteiger partial charge in [-0.1, -0.05) is 0 Å². The summed E-state index contributed by atoms with van der Waals surface area (Å²) in [4.78, 5) is 0. The van der Waals surface area contributed by atoms with E-state index in [0.717, 1.165) is 0 Å². The van der Waals surface area contributed by atoms with Gasteiger partial charge in [-0.2, -0.15) is 0 Å². The van der Waals surface area contributed by atoms with E-state index < -0.39 is 0 Å². The summed E-state index contributed by atoms with van der Waals surface area (Å²) < 4.78 is 0. The van der Waals surface area contributed by atoms with Gasteiger partial charge in [-0.05, 0) is 0 Å². The van der Waals surface area contributed by atoms with Crippen LogP contribution in [-0.2, 0) is 15.9 Å². The first-order valence-electron chi connectivity index (χ1n) is 0.239. The molecule has 28 valence electrons. The van der Waals surface area contributed by atoms with Gasteiger partial charge >= 0.3 is 83.9 Å². The molecule has 0 aromatic rings. The number of hydrogen-bond acceptors (Lipinski definition) is 0. The molecule has 0 atom stereocenters. The summed E-state index contributed by atoms with van der Waals surface area (Å²) in [6, 6.07) is 0. The summed E-state index contributed by atoms with van der Waals surface area (Å²) in [5.41, 5.74) is 0. The first-order chi connectivity index (χ1) is 1.41. The molecular weight excluding hydrogens is 315 g/mol. The molecule has 0 aromatic heterocycles. The van der Waals surface area contributed by atoms with Crippen LogP contribution >= 0.6 is 19.1 Å². The van der Waals surface area contributed by atoms with Crippen LogP contribution in [0.3, 0.4) is 0 Å². The zero-order chi connectivity index (χ0) is 2.71. The van der Waals surface area contributed by atoms with Crippen LogP contribution in [0, 0.1) is 0 Å². The molecule has 0 unspecified atom stereocenters. The van der Waals surface area contributed by atoms with Gasteiger partial charge in [-0.25, -0.2) is 0 Å². The Kier molecular flexibility index (Phi) is 23.0. The van der Waals surface area contributed by atoms with Crippen molar-refractivity contribution in [1.82, 2.24) is 0 Å². The Labute approximate surface area is 81.8 Å². The van der Waals surface area contributed by atoms with Crippen LogP contribution in [0.4, 0.5) is 0 Å². The third kappa shape index (κ3) is 8.84. The van der Waals surface area contributed by atoms with E-state index in [4.69, 9.17) is 19.1 Å². The first-order valence-corrected chi connectivity index (χ1v) is 4.24. The Morgan fingerprint density at radius 2 is 1.25 bits per heavy atom. The molecule has 0 aromatic carbocycles. The molecule has 0 radical (unpaired) electrons. The summed E-state index contributed by atoms with van der Waals surface area (Å²) in [6.07, 6.45) is 0. The maximum atomic E-state index is 4.81. The molecule has 0 saturated heterocycles. The average molecular weight is 317 g/mol. The molecule has 0 fully saturated rings. The topological polar surface area (TPSA) is 0 Å². The quantitative estimate of drug-likeness (QED) is 0.570. The van der Waals surface area contributed by atoms with E-state index >= 15 is 0 Å². The van der Waals surface area contributed by atoms with Crippen molar-refractivity contribution in [1.29, 1.82) is 0 Å². The molecule has 0 N–H and O–H groups in total. The minimum absolute atomic E-state index is 0. The normalized spacial score (nSPS) is 5.50. The van der Waals surface area contributed by atoms with Gasteiger partial charge in [0.2, 0.25) is 0 Å². The van der Waals surface area contributed by atoms with Gasteiger partial charge < -0.3 is 0 Å². The summed E-state index contributed by atoms with van der Waals surface area (Å²) in [5, 5.41) is 0. The van der Waals surface area contributed by atoms with Crippen molar-refractivity contribution in [3.05, 3.63) is 0 Å². The van der Waals surface area contributed by atoms with Crippen molar-refractivity contribution in [2.24, 2.45) is 0 Å². The Bertz CT molecular complexity index is 6.00. The second kappa shape index (κ2) is 9.26. The van der Waals surface area contributed by atoms with Crippen molar-refractivity contribution in [3.63, 3.8) is 0 Å². The fraction of sp³-hybridized carbons (Fsp3) is 0. The van der Waals surface area contributed by atoms with Gasteiger partial charge in [0.25, 0.3) is 0 Å². The van der Waals surface area contributed by atoms with E-state index in [1.54, 1.807) is 0 Å². The summed E-state index contributed by atoms with van der Waals surface area (Å²) in [5.74, 6) is 0. The fourth-order valence-electron chi connectivity index (χ4n) is 0. The SMILES string of the molecule is [BaH2].[Cl][Pd][Cl]. The predicted molar refractivity (Wildman–Crippen MR) is 20.2 cm³/mol. The predicted octanol–water partition coefficient (Wildman–Crippen LogP) is 0.460. The third-order valence-corrected chi connectivity index (χ3v) is 0. The molecule has 0 nitrogen and oxygen atoms in total. The van der Waals surface area contributed by atoms with Gasteiger partial charge in [0.15, 0.2) is 0 Å². The zero-order valence-corrected chi connectivity index (χ0v) is 4.14. The Morgan fingerprint density at radius 3 is 1.25 bits per heavy atom. The van der Waals surface area contributed by atoms with Crippen LogP contribution < -0.4 is 0 Å². The fourth-order valence-corrected chi connectivity index (χ4v) is 0. The molecule has 0 spiro atoms. The summed E-state index contributed by atoms with van der Waals surface area (Å²) >= 11 is -0.106. The zero-order valence-electron chi connectivity index (χ0n) is 1.07. The minimum atomic E-state index is -0.106. The molecule has 0 aliphatic rings. The number of rotatable bonds is 0. The van der Waals surface area contributed by atoms with Gasteiger partial charge in [-0.15, -0.1) is 0 Å². The van der Waals surface area contributed by atoms with Crippen LogP contribution in [0.25, 0.3) is 0 Å². The number of hydrogen-bond donors (Lipinski definition) is 0. The second-order valence-corrected chi connectivity index (χ2v) is 2.41. The second-order valence-electron chi connectivity index (χ2n) is 0.0452. The van der Waals surface area contributed by atoms with Crippen LogP contribution in [0.2, 0.25) is 0 Å². The molecule has 4 heteroatoms. The van der Waals surface area contributed by atoms with E-state index in [1.165, 1.54) is 0 Å². The molecule has 0 saturated carbocycles. The van der Waals surface area contributed by atoms with E-state index in [0.29, 0.717) is 0 Å². The van der Waals surface area contributed by atoms with Crippen molar-refractivity contribution in [2.45, 2.75) is 0 Å². The van der Waals surface area contributed by atoms with Crippen LogP contribution in [-0.4, -0.2) is 48.9 Å². The third-order valence-electron chi connectivity index (χ3n) is 0. The van der Waals surface area contributed by atoms with Crippen molar-refractivity contribution in [2.75, 3.05) is 0 Å². The van der Waals surface area contributed by atoms with Crippen molar-refractivity contribution in [3.8, 4) is 0 Å². The Balaban J connectivity index is 0. The van der Waals surface area contributed by atoms with Gasteiger partial charge in [0, 0.05) is 0 Å². The molecule has 0 amide bonds. The van der Waals surface area contributed by atoms with E-state index in [2.05, 4.69) is 0 Å². The Morgan fingerprint density at radius 1 is 1.25 bits per heavy atom. The molecule has 0 aliphatic heterocycles. The maximum absolute atomic E-state index is 4.81. The molecule has 0 bridgehead atoms. The van der Waals surface area contributed by atoms with E-state index in [1.807, 2.05) is 0 Å². The van der Waals surface area contributed by atoms with Gasteiger partial charge in [-0.3, -0.25) is 0 Å². The molecule has 0 heterocycles. The summed E-state index contributed by atoms with van der Waals surface area (Å²) in [7, 11) is 9.63. The van der Waals surface area contributed by atoms with Crippen molar-refractivity contribution >= 4 is 67.9 Å². The monoisotopic (exact) mass is 316 g/mol. The van der Waals surface area contributed by atoms with Gasteiger partial charge in [0.1, 0.15) is 0 Å². The average Bonchev–Trinajstić information content (AvgIpc) is 0.918. The van der Waals surface area contributed by atoms with Crippen LogP contribution in [0.15, 0.2) is 0 Å². The first kappa shape index (κ1) is 9.94. The van der Waals surface area contributed by atoms with E-state index in [9.17, 15) is 0 Å². The number of halogens is 2. The molecular formula is H2BaCl2Pd. The van der Waals surface area contributed by atoms with Crippen LogP contribution in [0.1, 0.15) is 0 Å². The van der Waals surface area contributed by atoms with Gasteiger partial charge in [0.05, 0.1) is 0 Å². The standard InChI is InChI=1S/Ba.2ClH.Pd.2H/h;2*1H;;;/q;;;+2;;/p-2. The molecule has 4 heavy (non-hydrogen) atoms. The van der Waals surface area contributed by atoms with E-state index in [-0.39, 0.29) is 64.8 Å². The Hall–Kier alpha value is 2.81. The molecule has 0 aliphatic carbocycles. The van der Waals surface area contributed by atoms with Crippen molar-refractivity contribution < 1.29 is 15.9 Å². The molecule has 0 rings (SSSR count). The van der Waals surface area contributed by atoms with Crippen LogP contribution in [0.5, 0.6) is 0 Å².